The van der Waals surface area contributed by atoms with Crippen molar-refractivity contribution >= 4 is 21.7 Å². The highest BCUT2D eigenvalue weighted by Gasteiger charge is 2.45. The number of aliphatic carboxylic acids is 1. The largest absolute Gasteiger partial charge is 0.479 e. The van der Waals surface area contributed by atoms with E-state index in [1.807, 2.05) is 0 Å². The summed E-state index contributed by atoms with van der Waals surface area (Å²) in [5.41, 5.74) is -1.26. The van der Waals surface area contributed by atoms with Gasteiger partial charge in [0, 0.05) is 12.6 Å². The summed E-state index contributed by atoms with van der Waals surface area (Å²) in [6.45, 7) is 0. The fourth-order valence-corrected chi connectivity index (χ4v) is 3.83. The molecule has 6 nitrogen and oxygen atoms in total. The van der Waals surface area contributed by atoms with E-state index >= 15 is 0 Å². The Morgan fingerprint density at radius 1 is 1.12 bits per heavy atom. The van der Waals surface area contributed by atoms with E-state index in [1.54, 1.807) is 0 Å². The molecule has 0 aromatic heterocycles. The van der Waals surface area contributed by atoms with Crippen molar-refractivity contribution in [3.8, 4) is 0 Å². The molecule has 0 aliphatic heterocycles. The van der Waals surface area contributed by atoms with Crippen molar-refractivity contribution in [1.82, 2.24) is 4.90 Å². The highest BCUT2D eigenvalue weighted by molar-refractivity contribution is 7.91. The van der Waals surface area contributed by atoms with Crippen LogP contribution in [0.2, 0.25) is 0 Å². The van der Waals surface area contributed by atoms with Gasteiger partial charge in [0.2, 0.25) is 9.84 Å². The lowest BCUT2D eigenvalue weighted by atomic mass is 9.80. The summed E-state index contributed by atoms with van der Waals surface area (Å²) in [6, 6.07) is 4.09. The van der Waals surface area contributed by atoms with Crippen LogP contribution in [-0.4, -0.2) is 48.6 Å². The lowest BCUT2D eigenvalue weighted by Gasteiger charge is -2.41. The molecule has 25 heavy (non-hydrogen) atoms. The van der Waals surface area contributed by atoms with E-state index in [4.69, 9.17) is 0 Å². The summed E-state index contributed by atoms with van der Waals surface area (Å²) < 4.78 is 47.9. The van der Waals surface area contributed by atoms with Crippen LogP contribution in [0.25, 0.3) is 0 Å². The minimum atomic E-state index is -4.74. The maximum absolute atomic E-state index is 12.6. The normalized spacial score (nSPS) is 17.3. The van der Waals surface area contributed by atoms with Crippen LogP contribution in [0.15, 0.2) is 29.2 Å². The maximum atomic E-state index is 12.6. The van der Waals surface area contributed by atoms with Crippen molar-refractivity contribution in [1.29, 1.82) is 0 Å². The van der Waals surface area contributed by atoms with E-state index in [1.165, 1.54) is 7.05 Å². The zero-order valence-electron chi connectivity index (χ0n) is 13.6. The number of alkyl halides is 2. The average molecular weight is 375 g/mol. The van der Waals surface area contributed by atoms with Gasteiger partial charge in [0.15, 0.2) is 0 Å². The predicted octanol–water partition coefficient (Wildman–Crippen LogP) is 2.54. The summed E-state index contributed by atoms with van der Waals surface area (Å²) in [5.74, 6) is -5.22. The lowest BCUT2D eigenvalue weighted by Crippen LogP contribution is -2.56. The van der Waals surface area contributed by atoms with Crippen LogP contribution >= 0.6 is 0 Å². The van der Waals surface area contributed by atoms with Gasteiger partial charge in [0.1, 0.15) is 5.54 Å². The third kappa shape index (κ3) is 3.51. The van der Waals surface area contributed by atoms with E-state index in [9.17, 15) is 31.9 Å². The number of likely N-dealkylation sites (N-methyl/N-ethyl adjacent to an activating group) is 1. The topological polar surface area (TPSA) is 91.8 Å². The van der Waals surface area contributed by atoms with Crippen LogP contribution in [0.3, 0.4) is 0 Å². The monoisotopic (exact) mass is 375 g/mol. The van der Waals surface area contributed by atoms with Crippen LogP contribution in [0.4, 0.5) is 8.78 Å². The molecule has 0 spiro atoms. The van der Waals surface area contributed by atoms with Crippen molar-refractivity contribution in [2.24, 2.45) is 0 Å². The second-order valence-corrected chi connectivity index (χ2v) is 8.01. The molecule has 1 aliphatic rings. The van der Waals surface area contributed by atoms with E-state index in [-0.39, 0.29) is 5.56 Å². The highest BCUT2D eigenvalue weighted by Crippen LogP contribution is 2.34. The molecule has 1 saturated carbocycles. The molecular formula is C16H19F2NO5S. The highest BCUT2D eigenvalue weighted by atomic mass is 32.2. The molecule has 0 saturated heterocycles. The van der Waals surface area contributed by atoms with Gasteiger partial charge in [-0.15, -0.1) is 0 Å². The second-order valence-electron chi connectivity index (χ2n) is 6.09. The first kappa shape index (κ1) is 19.3. The molecule has 138 valence electrons. The predicted molar refractivity (Wildman–Crippen MR) is 85.2 cm³/mol. The minimum Gasteiger partial charge on any atom is -0.479 e. The van der Waals surface area contributed by atoms with Crippen molar-refractivity contribution in [2.75, 3.05) is 7.05 Å². The Morgan fingerprint density at radius 2 is 1.64 bits per heavy atom. The summed E-state index contributed by atoms with van der Waals surface area (Å²) in [7, 11) is -3.34. The number of rotatable bonds is 5. The molecule has 1 aromatic rings. The number of hydrogen-bond acceptors (Lipinski definition) is 4. The number of halogens is 2. The van der Waals surface area contributed by atoms with Gasteiger partial charge in [-0.2, -0.15) is 8.78 Å². The van der Waals surface area contributed by atoms with Gasteiger partial charge in [-0.25, -0.2) is 13.2 Å². The molecule has 1 fully saturated rings. The number of benzene rings is 1. The Hall–Kier alpha value is -2.03. The Kier molecular flexibility index (Phi) is 5.46. The van der Waals surface area contributed by atoms with E-state index in [2.05, 4.69) is 0 Å². The number of sulfone groups is 1. The van der Waals surface area contributed by atoms with Gasteiger partial charge < -0.3 is 10.0 Å². The first-order valence-corrected chi connectivity index (χ1v) is 9.31. The van der Waals surface area contributed by atoms with Crippen LogP contribution < -0.4 is 0 Å². The van der Waals surface area contributed by atoms with Gasteiger partial charge in [-0.1, -0.05) is 19.3 Å². The molecule has 0 radical (unpaired) electrons. The Bertz CT molecular complexity index is 755. The molecule has 1 N–H and O–H groups in total. The molecule has 9 heteroatoms. The summed E-state index contributed by atoms with van der Waals surface area (Å²) in [4.78, 5) is 24.9. The molecule has 0 unspecified atom stereocenters. The van der Waals surface area contributed by atoms with Crippen molar-refractivity contribution in [3.05, 3.63) is 29.8 Å². The Balaban J connectivity index is 2.29. The first-order valence-electron chi connectivity index (χ1n) is 7.76. The van der Waals surface area contributed by atoms with Crippen molar-refractivity contribution in [3.63, 3.8) is 0 Å². The Labute approximate surface area is 144 Å². The average Bonchev–Trinajstić information content (AvgIpc) is 2.60. The third-order valence-corrected chi connectivity index (χ3v) is 6.09. The van der Waals surface area contributed by atoms with Crippen LogP contribution in [-0.2, 0) is 14.6 Å². The zero-order valence-corrected chi connectivity index (χ0v) is 14.4. The summed E-state index contributed by atoms with van der Waals surface area (Å²) >= 11 is 0. The van der Waals surface area contributed by atoms with Crippen LogP contribution in [0.5, 0.6) is 0 Å². The van der Waals surface area contributed by atoms with Crippen molar-refractivity contribution < 1.29 is 31.9 Å². The lowest BCUT2D eigenvalue weighted by molar-refractivity contribution is -0.151. The first-order chi connectivity index (χ1) is 11.6. The fourth-order valence-electron chi connectivity index (χ4n) is 3.11. The SMILES string of the molecule is CN(C(=O)c1ccc(S(=O)(=O)C(F)F)cc1)C1(C(=O)O)CCCCC1. The molecule has 0 atom stereocenters. The van der Waals surface area contributed by atoms with Crippen molar-refractivity contribution in [2.45, 2.75) is 48.3 Å². The molecule has 1 aliphatic carbocycles. The number of nitrogens with zero attached hydrogens (tertiary/aromatic N) is 1. The van der Waals surface area contributed by atoms with Gasteiger partial charge in [-0.3, -0.25) is 4.79 Å². The van der Waals surface area contributed by atoms with E-state index < -0.39 is 37.9 Å². The van der Waals surface area contributed by atoms with Gasteiger partial charge in [0.05, 0.1) is 4.90 Å². The number of carboxylic acids is 1. The fraction of sp³-hybridized carbons (Fsp3) is 0.500. The Morgan fingerprint density at radius 3 is 2.08 bits per heavy atom. The molecule has 1 aromatic carbocycles. The van der Waals surface area contributed by atoms with E-state index in [0.29, 0.717) is 25.7 Å². The number of carboxylic acid groups (broad SMARTS) is 1. The number of carbonyl (C=O) groups excluding carboxylic acids is 1. The maximum Gasteiger partial charge on any atom is 0.341 e. The summed E-state index contributed by atoms with van der Waals surface area (Å²) in [5, 5.41) is 9.61. The van der Waals surface area contributed by atoms with Gasteiger partial charge in [0.25, 0.3) is 5.91 Å². The zero-order chi connectivity index (χ0) is 18.8. The molecule has 1 amide bonds. The van der Waals surface area contributed by atoms with Crippen LogP contribution in [0, 0.1) is 0 Å². The number of amides is 1. The van der Waals surface area contributed by atoms with E-state index in [0.717, 1.165) is 35.6 Å². The molecule has 0 heterocycles. The number of hydrogen-bond donors (Lipinski definition) is 1. The second kappa shape index (κ2) is 7.07. The standard InChI is InChI=1S/C16H19F2NO5S/c1-19(16(14(21)22)9-3-2-4-10-16)13(20)11-5-7-12(8-6-11)25(23,24)15(17)18/h5-8,15H,2-4,9-10H2,1H3,(H,21,22). The van der Waals surface area contributed by atoms with Crippen LogP contribution in [0.1, 0.15) is 42.5 Å². The molecular weight excluding hydrogens is 356 g/mol. The van der Waals surface area contributed by atoms with Gasteiger partial charge in [-0.05, 0) is 37.1 Å². The number of carbonyl (C=O) groups is 2. The van der Waals surface area contributed by atoms with Gasteiger partial charge >= 0.3 is 11.7 Å². The molecule has 0 bridgehead atoms. The quantitative estimate of drug-likeness (QED) is 0.854. The minimum absolute atomic E-state index is 0.0434. The molecule has 2 rings (SSSR count). The smallest absolute Gasteiger partial charge is 0.341 e. The summed E-state index contributed by atoms with van der Waals surface area (Å²) in [6.07, 6.45) is 2.95. The third-order valence-electron chi connectivity index (χ3n) is 4.69.